The van der Waals surface area contributed by atoms with E-state index >= 15 is 0 Å². The number of hydrogen-bond acceptors (Lipinski definition) is 3. The quantitative estimate of drug-likeness (QED) is 0.162. The lowest BCUT2D eigenvalue weighted by atomic mass is 9.82. The summed E-state index contributed by atoms with van der Waals surface area (Å²) in [5, 5.41) is 19.8. The summed E-state index contributed by atoms with van der Waals surface area (Å²) in [6.07, 6.45) is 0. The molecule has 1 aliphatic carbocycles. The Labute approximate surface area is 358 Å². The lowest BCUT2D eigenvalue weighted by Gasteiger charge is -2.28. The van der Waals surface area contributed by atoms with Crippen molar-refractivity contribution >= 4 is 80.9 Å². The SMILES string of the molecule is CC1(C)c2cc(C#N)ccc2-c2ccc(N(c3ccc(-c4c5ccccc5c(-c5cccc6ccccc56)c5ccccc45)cc3)c3ccc4c(c3)sc3ccccc34)cc21. The summed E-state index contributed by atoms with van der Waals surface area (Å²) < 4.78 is 2.56. The Morgan fingerprint density at radius 1 is 0.426 bits per heavy atom. The average molecular weight is 795 g/mol. The Hall–Kier alpha value is -7.51. The molecular formula is C58H38N2S. The fraction of sp³-hybridized carbons (Fsp3) is 0.0517. The molecule has 10 aromatic carbocycles. The van der Waals surface area contributed by atoms with Crippen LogP contribution < -0.4 is 4.90 Å². The van der Waals surface area contributed by atoms with Gasteiger partial charge >= 0.3 is 0 Å². The predicted molar refractivity (Wildman–Crippen MR) is 260 cm³/mol. The molecule has 12 rings (SSSR count). The largest absolute Gasteiger partial charge is 0.310 e. The molecule has 0 aliphatic heterocycles. The van der Waals surface area contributed by atoms with Gasteiger partial charge in [-0.15, -0.1) is 11.3 Å². The van der Waals surface area contributed by atoms with Gasteiger partial charge in [0.15, 0.2) is 0 Å². The second kappa shape index (κ2) is 13.5. The highest BCUT2D eigenvalue weighted by atomic mass is 32.1. The summed E-state index contributed by atoms with van der Waals surface area (Å²) in [6.45, 7) is 4.57. The van der Waals surface area contributed by atoms with Crippen LogP contribution in [0.25, 0.3) is 85.9 Å². The summed E-state index contributed by atoms with van der Waals surface area (Å²) in [6, 6.07) is 73.4. The molecule has 1 aromatic heterocycles. The molecule has 0 amide bonds. The number of rotatable bonds is 5. The smallest absolute Gasteiger partial charge is 0.0991 e. The van der Waals surface area contributed by atoms with E-state index in [1.807, 2.05) is 17.4 Å². The van der Waals surface area contributed by atoms with Gasteiger partial charge in [0.2, 0.25) is 0 Å². The summed E-state index contributed by atoms with van der Waals surface area (Å²) in [7, 11) is 0. The van der Waals surface area contributed by atoms with Gasteiger partial charge in [-0.05, 0) is 131 Å². The second-order valence-electron chi connectivity index (χ2n) is 16.8. The van der Waals surface area contributed by atoms with E-state index in [9.17, 15) is 5.26 Å². The zero-order chi connectivity index (χ0) is 40.8. The Morgan fingerprint density at radius 3 is 1.69 bits per heavy atom. The van der Waals surface area contributed by atoms with Gasteiger partial charge in [-0.3, -0.25) is 0 Å². The normalized spacial score (nSPS) is 12.9. The summed E-state index contributed by atoms with van der Waals surface area (Å²) >= 11 is 1.85. The van der Waals surface area contributed by atoms with Gasteiger partial charge < -0.3 is 4.90 Å². The van der Waals surface area contributed by atoms with Crippen LogP contribution in [0.4, 0.5) is 17.1 Å². The van der Waals surface area contributed by atoms with Crippen LogP contribution in [0.5, 0.6) is 0 Å². The van der Waals surface area contributed by atoms with Crippen LogP contribution in [0.2, 0.25) is 0 Å². The number of nitrogens with zero attached hydrogens (tertiary/aromatic N) is 2. The number of nitriles is 1. The molecule has 0 unspecified atom stereocenters. The molecule has 61 heavy (non-hydrogen) atoms. The fourth-order valence-electron chi connectivity index (χ4n) is 10.2. The minimum absolute atomic E-state index is 0.265. The monoisotopic (exact) mass is 794 g/mol. The molecule has 286 valence electrons. The first-order valence-corrected chi connectivity index (χ1v) is 21.7. The maximum absolute atomic E-state index is 9.78. The van der Waals surface area contributed by atoms with E-state index in [1.54, 1.807) is 0 Å². The van der Waals surface area contributed by atoms with Crippen molar-refractivity contribution in [3.8, 4) is 39.4 Å². The summed E-state index contributed by atoms with van der Waals surface area (Å²) in [5.41, 5.74) is 13.6. The first kappa shape index (κ1) is 35.4. The number of benzene rings is 10. The first-order chi connectivity index (χ1) is 30.0. The van der Waals surface area contributed by atoms with Crippen LogP contribution in [-0.2, 0) is 5.41 Å². The molecule has 0 saturated heterocycles. The van der Waals surface area contributed by atoms with Crippen molar-refractivity contribution in [3.05, 3.63) is 211 Å². The van der Waals surface area contributed by atoms with E-state index in [0.717, 1.165) is 17.1 Å². The molecule has 0 spiro atoms. The van der Waals surface area contributed by atoms with E-state index in [4.69, 9.17) is 0 Å². The van der Waals surface area contributed by atoms with Crippen molar-refractivity contribution in [2.45, 2.75) is 19.3 Å². The van der Waals surface area contributed by atoms with Crippen LogP contribution in [0.1, 0.15) is 30.5 Å². The average Bonchev–Trinajstić information content (AvgIpc) is 3.79. The van der Waals surface area contributed by atoms with Crippen LogP contribution in [0.15, 0.2) is 194 Å². The number of hydrogen-bond donors (Lipinski definition) is 0. The Kier molecular flexibility index (Phi) is 7.85. The molecule has 3 heteroatoms. The van der Waals surface area contributed by atoms with E-state index in [2.05, 4.69) is 213 Å². The Balaban J connectivity index is 1.04. The van der Waals surface area contributed by atoms with Gasteiger partial charge in [0, 0.05) is 42.6 Å². The molecule has 1 aliphatic rings. The molecule has 0 atom stereocenters. The lowest BCUT2D eigenvalue weighted by molar-refractivity contribution is 0.660. The first-order valence-electron chi connectivity index (χ1n) is 20.9. The number of fused-ring (bicyclic) bond motifs is 9. The van der Waals surface area contributed by atoms with E-state index in [0.29, 0.717) is 5.56 Å². The molecule has 11 aromatic rings. The van der Waals surface area contributed by atoms with Crippen LogP contribution >= 0.6 is 11.3 Å². The molecule has 1 heterocycles. The number of thiophene rings is 1. The van der Waals surface area contributed by atoms with Crippen molar-refractivity contribution in [1.82, 2.24) is 0 Å². The van der Waals surface area contributed by atoms with Crippen molar-refractivity contribution in [2.75, 3.05) is 4.90 Å². The summed E-state index contributed by atoms with van der Waals surface area (Å²) in [4.78, 5) is 2.41. The Bertz CT molecular complexity index is 3580. The van der Waals surface area contributed by atoms with Crippen molar-refractivity contribution < 1.29 is 0 Å². The van der Waals surface area contributed by atoms with Crippen molar-refractivity contribution in [1.29, 1.82) is 5.26 Å². The minimum atomic E-state index is -0.265. The van der Waals surface area contributed by atoms with E-state index in [-0.39, 0.29) is 5.41 Å². The highest BCUT2D eigenvalue weighted by Crippen LogP contribution is 2.52. The third kappa shape index (κ3) is 5.39. The molecule has 0 saturated carbocycles. The maximum atomic E-state index is 9.78. The molecule has 0 radical (unpaired) electrons. The van der Waals surface area contributed by atoms with Crippen molar-refractivity contribution in [3.63, 3.8) is 0 Å². The van der Waals surface area contributed by atoms with Crippen LogP contribution in [-0.4, -0.2) is 0 Å². The molecule has 0 fully saturated rings. The Morgan fingerprint density at radius 2 is 0.967 bits per heavy atom. The van der Waals surface area contributed by atoms with Gasteiger partial charge in [-0.2, -0.15) is 5.26 Å². The molecule has 0 N–H and O–H groups in total. The highest BCUT2D eigenvalue weighted by Gasteiger charge is 2.36. The van der Waals surface area contributed by atoms with Crippen LogP contribution in [0, 0.1) is 11.3 Å². The second-order valence-corrected chi connectivity index (χ2v) is 17.8. The third-order valence-corrected chi connectivity index (χ3v) is 14.2. The van der Waals surface area contributed by atoms with Gasteiger partial charge in [0.25, 0.3) is 0 Å². The van der Waals surface area contributed by atoms with Gasteiger partial charge in [-0.1, -0.05) is 153 Å². The minimum Gasteiger partial charge on any atom is -0.310 e. The predicted octanol–water partition coefficient (Wildman–Crippen LogP) is 16.5. The number of anilines is 3. The van der Waals surface area contributed by atoms with E-state index in [1.165, 1.54) is 97.0 Å². The standard InChI is InChI=1S/C58H38N2S/c1-58(2)52-32-36(35-59)22-29-43(52)44-30-27-40(33-53(44)58)60(41-28-31-46-45-15-9-10-21-54(45)61-55(46)34-41)39-25-23-38(24-26-39)56-48-16-5-7-18-50(48)57(51-19-8-6-17-49(51)56)47-20-11-13-37-12-3-4-14-42(37)47/h3-34H,1-2H3. The topological polar surface area (TPSA) is 27.0 Å². The third-order valence-electron chi connectivity index (χ3n) is 13.1. The van der Waals surface area contributed by atoms with Crippen LogP contribution in [0.3, 0.4) is 0 Å². The van der Waals surface area contributed by atoms with E-state index < -0.39 is 0 Å². The molecule has 2 nitrogen and oxygen atoms in total. The summed E-state index contributed by atoms with van der Waals surface area (Å²) in [5.74, 6) is 0. The zero-order valence-corrected chi connectivity index (χ0v) is 34.6. The van der Waals surface area contributed by atoms with Gasteiger partial charge in [0.1, 0.15) is 0 Å². The fourth-order valence-corrected chi connectivity index (χ4v) is 11.3. The van der Waals surface area contributed by atoms with Crippen molar-refractivity contribution in [2.24, 2.45) is 0 Å². The zero-order valence-electron chi connectivity index (χ0n) is 33.8. The lowest BCUT2D eigenvalue weighted by Crippen LogP contribution is -2.16. The van der Waals surface area contributed by atoms with Gasteiger partial charge in [0.05, 0.1) is 11.6 Å². The molecule has 0 bridgehead atoms. The highest BCUT2D eigenvalue weighted by molar-refractivity contribution is 7.25. The maximum Gasteiger partial charge on any atom is 0.0991 e. The van der Waals surface area contributed by atoms with Gasteiger partial charge in [-0.25, -0.2) is 0 Å². The molecular weight excluding hydrogens is 757 g/mol.